The largest absolute Gasteiger partial charge is 0.493 e. The predicted octanol–water partition coefficient (Wildman–Crippen LogP) is 4.84. The van der Waals surface area contributed by atoms with Gasteiger partial charge < -0.3 is 19.5 Å². The zero-order valence-electron chi connectivity index (χ0n) is 19.6. The fourth-order valence-electron chi connectivity index (χ4n) is 2.98. The second-order valence-corrected chi connectivity index (χ2v) is 7.77. The number of hydrogen-bond acceptors (Lipinski definition) is 6. The summed E-state index contributed by atoms with van der Waals surface area (Å²) in [5.41, 5.74) is 5.13. The van der Waals surface area contributed by atoms with E-state index < -0.39 is 0 Å². The van der Waals surface area contributed by atoms with Crippen molar-refractivity contribution in [3.8, 4) is 17.2 Å². The highest BCUT2D eigenvalue weighted by Gasteiger charge is 2.10. The van der Waals surface area contributed by atoms with Crippen LogP contribution in [0.2, 0.25) is 5.02 Å². The van der Waals surface area contributed by atoms with Crippen LogP contribution in [0.25, 0.3) is 0 Å². The molecule has 0 aromatic heterocycles. The maximum Gasteiger partial charge on any atom is 0.271 e. The minimum atomic E-state index is -0.386. The summed E-state index contributed by atoms with van der Waals surface area (Å²) >= 11 is 6.07. The van der Waals surface area contributed by atoms with Gasteiger partial charge in [-0.2, -0.15) is 5.10 Å². The number of rotatable bonds is 10. The lowest BCUT2D eigenvalue weighted by molar-refractivity contribution is -0.118. The maximum atomic E-state index is 12.4. The van der Waals surface area contributed by atoms with Gasteiger partial charge in [0.25, 0.3) is 11.8 Å². The Hall–Kier alpha value is -4.04. The van der Waals surface area contributed by atoms with Gasteiger partial charge in [-0.1, -0.05) is 17.7 Å². The Kier molecular flexibility index (Phi) is 9.09. The van der Waals surface area contributed by atoms with Gasteiger partial charge in [0.2, 0.25) is 0 Å². The van der Waals surface area contributed by atoms with Crippen molar-refractivity contribution in [3.05, 3.63) is 82.4 Å². The van der Waals surface area contributed by atoms with Gasteiger partial charge in [0, 0.05) is 16.3 Å². The Morgan fingerprint density at radius 2 is 1.77 bits per heavy atom. The summed E-state index contributed by atoms with van der Waals surface area (Å²) in [5.74, 6) is 0.863. The molecule has 0 bridgehead atoms. The number of carbonyl (C=O) groups is 2. The molecule has 3 rings (SSSR count). The molecule has 9 heteroatoms. The van der Waals surface area contributed by atoms with Crippen molar-refractivity contribution in [3.63, 3.8) is 0 Å². The lowest BCUT2D eigenvalue weighted by Gasteiger charge is -2.10. The summed E-state index contributed by atoms with van der Waals surface area (Å²) < 4.78 is 16.2. The van der Waals surface area contributed by atoms with E-state index in [4.69, 9.17) is 25.8 Å². The summed E-state index contributed by atoms with van der Waals surface area (Å²) in [7, 11) is 1.51. The first-order valence-corrected chi connectivity index (χ1v) is 11.2. The molecular formula is C26H26ClN3O5. The second-order valence-electron chi connectivity index (χ2n) is 7.37. The summed E-state index contributed by atoms with van der Waals surface area (Å²) in [5, 5.41) is 7.30. The molecule has 0 fully saturated rings. The van der Waals surface area contributed by atoms with Crippen molar-refractivity contribution >= 4 is 35.3 Å². The normalized spacial score (nSPS) is 10.6. The van der Waals surface area contributed by atoms with Crippen LogP contribution in [0, 0.1) is 6.92 Å². The fourth-order valence-corrected chi connectivity index (χ4v) is 3.16. The summed E-state index contributed by atoms with van der Waals surface area (Å²) in [6, 6.07) is 17.1. The van der Waals surface area contributed by atoms with Crippen LogP contribution in [0.1, 0.15) is 28.4 Å². The van der Waals surface area contributed by atoms with Crippen molar-refractivity contribution in [1.29, 1.82) is 0 Å². The maximum absolute atomic E-state index is 12.4. The summed E-state index contributed by atoms with van der Waals surface area (Å²) in [6.45, 7) is 4.10. The lowest BCUT2D eigenvalue weighted by atomic mass is 10.2. The van der Waals surface area contributed by atoms with Gasteiger partial charge in [0.1, 0.15) is 5.75 Å². The molecule has 3 aromatic carbocycles. The van der Waals surface area contributed by atoms with Crippen molar-refractivity contribution in [2.75, 3.05) is 25.6 Å². The molecule has 0 atom stereocenters. The van der Waals surface area contributed by atoms with Gasteiger partial charge in [-0.25, -0.2) is 5.43 Å². The third-order valence-electron chi connectivity index (χ3n) is 4.81. The van der Waals surface area contributed by atoms with E-state index in [1.807, 2.05) is 19.9 Å². The minimum Gasteiger partial charge on any atom is -0.493 e. The number of carbonyl (C=O) groups excluding carboxylic acids is 2. The molecule has 0 spiro atoms. The monoisotopic (exact) mass is 495 g/mol. The van der Waals surface area contributed by atoms with E-state index in [0.717, 1.165) is 11.1 Å². The van der Waals surface area contributed by atoms with Gasteiger partial charge in [0.05, 0.1) is 19.9 Å². The van der Waals surface area contributed by atoms with Gasteiger partial charge >= 0.3 is 0 Å². The van der Waals surface area contributed by atoms with Crippen LogP contribution in [-0.4, -0.2) is 38.4 Å². The van der Waals surface area contributed by atoms with Gasteiger partial charge in [-0.05, 0) is 79.6 Å². The van der Waals surface area contributed by atoms with Gasteiger partial charge in [-0.3, -0.25) is 9.59 Å². The number of halogens is 1. The molecule has 35 heavy (non-hydrogen) atoms. The number of methoxy groups -OCH3 is 1. The number of amides is 2. The molecule has 0 radical (unpaired) electrons. The van der Waals surface area contributed by atoms with Crippen LogP contribution in [0.15, 0.2) is 65.8 Å². The smallest absolute Gasteiger partial charge is 0.271 e. The number of ether oxygens (including phenoxy) is 3. The van der Waals surface area contributed by atoms with E-state index in [1.165, 1.54) is 13.3 Å². The molecule has 0 heterocycles. The number of anilines is 1. The molecule has 0 saturated carbocycles. The zero-order valence-corrected chi connectivity index (χ0v) is 20.4. The average Bonchev–Trinajstić information content (AvgIpc) is 2.86. The topological polar surface area (TPSA) is 98.3 Å². The molecule has 3 aromatic rings. The molecule has 0 aliphatic rings. The number of nitrogens with one attached hydrogen (secondary N) is 2. The van der Waals surface area contributed by atoms with E-state index in [2.05, 4.69) is 15.8 Å². The van der Waals surface area contributed by atoms with E-state index in [1.54, 1.807) is 54.6 Å². The Bertz CT molecular complexity index is 1210. The lowest BCUT2D eigenvalue weighted by Crippen LogP contribution is -2.20. The highest BCUT2D eigenvalue weighted by atomic mass is 35.5. The van der Waals surface area contributed by atoms with E-state index in [9.17, 15) is 9.59 Å². The quantitative estimate of drug-likeness (QED) is 0.310. The van der Waals surface area contributed by atoms with Crippen LogP contribution in [0.4, 0.5) is 5.69 Å². The van der Waals surface area contributed by atoms with E-state index in [-0.39, 0.29) is 18.4 Å². The molecule has 8 nitrogen and oxygen atoms in total. The standard InChI is InChI=1S/C26H26ClN3O5/c1-4-34-23-12-8-19(13-24(23)33-3)26(32)30-28-15-18-6-10-21(11-7-18)35-16-25(31)29-20-9-5-17(2)22(27)14-20/h5-15H,4,16H2,1-3H3,(H,29,31)(H,30,32)/b28-15+. The number of nitrogens with zero attached hydrogens (tertiary/aromatic N) is 1. The van der Waals surface area contributed by atoms with Crippen LogP contribution >= 0.6 is 11.6 Å². The molecule has 0 unspecified atom stereocenters. The van der Waals surface area contributed by atoms with Crippen molar-refractivity contribution in [2.24, 2.45) is 5.10 Å². The third-order valence-corrected chi connectivity index (χ3v) is 5.22. The highest BCUT2D eigenvalue weighted by Crippen LogP contribution is 2.28. The number of hydrazone groups is 1. The number of aryl methyl sites for hydroxylation is 1. The summed E-state index contributed by atoms with van der Waals surface area (Å²) in [6.07, 6.45) is 1.50. The van der Waals surface area contributed by atoms with Gasteiger partial charge in [-0.15, -0.1) is 0 Å². The molecule has 182 valence electrons. The molecule has 2 amide bonds. The Morgan fingerprint density at radius 1 is 1.00 bits per heavy atom. The number of benzene rings is 3. The molecule has 2 N–H and O–H groups in total. The third kappa shape index (κ3) is 7.48. The van der Waals surface area contributed by atoms with Crippen LogP contribution in [-0.2, 0) is 4.79 Å². The van der Waals surface area contributed by atoms with Crippen molar-refractivity contribution < 1.29 is 23.8 Å². The van der Waals surface area contributed by atoms with Crippen LogP contribution in [0.5, 0.6) is 17.2 Å². The van der Waals surface area contributed by atoms with Crippen LogP contribution in [0.3, 0.4) is 0 Å². The zero-order chi connectivity index (χ0) is 25.2. The molecular weight excluding hydrogens is 470 g/mol. The molecule has 0 aliphatic heterocycles. The van der Waals surface area contributed by atoms with E-state index >= 15 is 0 Å². The molecule has 0 aliphatic carbocycles. The SMILES string of the molecule is CCOc1ccc(C(=O)N/N=C/c2ccc(OCC(=O)Nc3ccc(C)c(Cl)c3)cc2)cc1OC. The van der Waals surface area contributed by atoms with Crippen LogP contribution < -0.4 is 25.0 Å². The first-order valence-electron chi connectivity index (χ1n) is 10.8. The first-order chi connectivity index (χ1) is 16.9. The highest BCUT2D eigenvalue weighted by molar-refractivity contribution is 6.31. The Morgan fingerprint density at radius 3 is 2.46 bits per heavy atom. The Labute approximate surface area is 208 Å². The number of hydrogen-bond donors (Lipinski definition) is 2. The average molecular weight is 496 g/mol. The fraction of sp³-hybridized carbons (Fsp3) is 0.192. The van der Waals surface area contributed by atoms with Crippen molar-refractivity contribution in [2.45, 2.75) is 13.8 Å². The van der Waals surface area contributed by atoms with Crippen molar-refractivity contribution in [1.82, 2.24) is 5.43 Å². The second kappa shape index (κ2) is 12.4. The van der Waals surface area contributed by atoms with Gasteiger partial charge in [0.15, 0.2) is 18.1 Å². The van der Waals surface area contributed by atoms with E-state index in [0.29, 0.717) is 40.1 Å². The molecule has 0 saturated heterocycles. The minimum absolute atomic E-state index is 0.152. The summed E-state index contributed by atoms with van der Waals surface area (Å²) in [4.78, 5) is 24.5. The predicted molar refractivity (Wildman–Crippen MR) is 136 cm³/mol. The Balaban J connectivity index is 1.49. The first kappa shape index (κ1) is 25.6.